The molecule has 1 heterocycles. The Morgan fingerprint density at radius 1 is 1.62 bits per heavy atom. The van der Waals surface area contributed by atoms with Crippen molar-refractivity contribution in [1.29, 1.82) is 0 Å². The summed E-state index contributed by atoms with van der Waals surface area (Å²) in [6, 6.07) is 9.45. The van der Waals surface area contributed by atoms with Crippen molar-refractivity contribution in [2.75, 3.05) is 13.6 Å². The highest BCUT2D eigenvalue weighted by atomic mass is 14.9. The zero-order valence-corrected chi connectivity index (χ0v) is 7.96. The average molecular weight is 173 g/mol. The van der Waals surface area contributed by atoms with Crippen LogP contribution in [0.15, 0.2) is 23.2 Å². The zero-order valence-electron chi connectivity index (χ0n) is 7.96. The Balaban J connectivity index is 2.60. The number of hydrogen-bond acceptors (Lipinski definition) is 2. The fraction of sp³-hybridized carbons (Fsp3) is 0.364. The highest BCUT2D eigenvalue weighted by Crippen LogP contribution is 2.02. The van der Waals surface area contributed by atoms with Crippen LogP contribution < -0.4 is 15.9 Å². The van der Waals surface area contributed by atoms with Crippen LogP contribution in [-0.2, 0) is 0 Å². The quantitative estimate of drug-likeness (QED) is 0.662. The van der Waals surface area contributed by atoms with E-state index in [9.17, 15) is 0 Å². The molecule has 1 aromatic rings. The van der Waals surface area contributed by atoms with E-state index in [0.29, 0.717) is 6.04 Å². The number of benzene rings is 1. The van der Waals surface area contributed by atoms with E-state index >= 15 is 0 Å². The highest BCUT2D eigenvalue weighted by Gasteiger charge is 2.11. The van der Waals surface area contributed by atoms with Gasteiger partial charge in [0.05, 0.1) is 11.9 Å². The number of hydrogen-bond donors (Lipinski definition) is 1. The first-order valence-corrected chi connectivity index (χ1v) is 4.54. The minimum atomic E-state index is 0.404. The first-order chi connectivity index (χ1) is 6.33. The summed E-state index contributed by atoms with van der Waals surface area (Å²) in [6.07, 6.45) is 0. The summed E-state index contributed by atoms with van der Waals surface area (Å²) in [7, 11) is 1.97. The molecule has 1 atom stereocenters. The van der Waals surface area contributed by atoms with Crippen LogP contribution in [0.2, 0.25) is 0 Å². The predicted molar refractivity (Wildman–Crippen MR) is 52.9 cm³/mol. The highest BCUT2D eigenvalue weighted by molar-refractivity contribution is 5.53. The molecule has 1 aliphatic heterocycles. The molecule has 0 fully saturated rings. The summed E-state index contributed by atoms with van der Waals surface area (Å²) in [5.41, 5.74) is 1.37. The lowest BCUT2D eigenvalue weighted by Crippen LogP contribution is -2.31. The van der Waals surface area contributed by atoms with Gasteiger partial charge in [-0.3, -0.25) is 4.99 Å². The third-order valence-electron chi connectivity index (χ3n) is 2.56. The van der Waals surface area contributed by atoms with E-state index in [4.69, 9.17) is 0 Å². The molecule has 1 unspecified atom stereocenters. The van der Waals surface area contributed by atoms with E-state index in [-0.39, 0.29) is 0 Å². The molecule has 0 spiro atoms. The summed E-state index contributed by atoms with van der Waals surface area (Å²) >= 11 is 0. The third-order valence-corrected chi connectivity index (χ3v) is 2.56. The molecule has 1 aliphatic rings. The molecule has 0 aromatic heterocycles. The molecule has 1 N–H and O–H groups in total. The third kappa shape index (κ3) is 1.38. The maximum atomic E-state index is 4.45. The Hall–Kier alpha value is -1.15. The minimum Gasteiger partial charge on any atom is -0.313 e. The van der Waals surface area contributed by atoms with Crippen molar-refractivity contribution < 1.29 is 0 Å². The van der Waals surface area contributed by atoms with Gasteiger partial charge in [0.25, 0.3) is 0 Å². The Morgan fingerprint density at radius 3 is 3.23 bits per heavy atom. The van der Waals surface area contributed by atoms with E-state index < -0.39 is 0 Å². The molecule has 2 heteroatoms. The molecule has 0 bridgehead atoms. The summed E-state index contributed by atoms with van der Waals surface area (Å²) < 4.78 is 0. The van der Waals surface area contributed by atoms with Crippen LogP contribution in [0.1, 0.15) is 6.92 Å². The molecule has 13 heavy (non-hydrogen) atoms. The molecule has 0 amide bonds. The maximum Gasteiger partial charge on any atom is 0.0651 e. The van der Waals surface area contributed by atoms with E-state index in [1.54, 1.807) is 0 Å². The molecule has 0 saturated carbocycles. The lowest BCUT2D eigenvalue weighted by molar-refractivity contribution is 0.732. The zero-order chi connectivity index (χ0) is 9.26. The Kier molecular flexibility index (Phi) is 2.15. The van der Waals surface area contributed by atoms with Gasteiger partial charge in [-0.1, -0.05) is 6.07 Å². The number of nitrogens with zero attached hydrogens (tertiary/aromatic N) is 1. The van der Waals surface area contributed by atoms with Gasteiger partial charge in [-0.25, -0.2) is 0 Å². The predicted octanol–water partition coefficient (Wildman–Crippen LogP) is -0.121. The molecule has 2 rings (SSSR count). The SMILES string of the molecule is CNC(C)C1=c2c[c]ccc2=NC1. The number of nitrogens with one attached hydrogen (secondary N) is 1. The lowest BCUT2D eigenvalue weighted by atomic mass is 10.1. The molecule has 1 aromatic carbocycles. The van der Waals surface area contributed by atoms with Crippen LogP contribution in [0.4, 0.5) is 0 Å². The normalized spacial score (nSPS) is 16.6. The second-order valence-electron chi connectivity index (χ2n) is 3.30. The molecular weight excluding hydrogens is 160 g/mol. The van der Waals surface area contributed by atoms with Gasteiger partial charge < -0.3 is 5.32 Å². The van der Waals surface area contributed by atoms with Gasteiger partial charge in [0, 0.05) is 11.3 Å². The molecule has 0 aliphatic carbocycles. The van der Waals surface area contributed by atoms with Crippen LogP contribution >= 0.6 is 0 Å². The molecule has 2 nitrogen and oxygen atoms in total. The topological polar surface area (TPSA) is 24.4 Å². The summed E-state index contributed by atoms with van der Waals surface area (Å²) in [4.78, 5) is 4.45. The van der Waals surface area contributed by atoms with Crippen molar-refractivity contribution in [3.8, 4) is 0 Å². The van der Waals surface area contributed by atoms with Crippen molar-refractivity contribution in [3.63, 3.8) is 0 Å². The smallest absolute Gasteiger partial charge is 0.0651 e. The second-order valence-corrected chi connectivity index (χ2v) is 3.30. The molecular formula is C11H13N2. The van der Waals surface area contributed by atoms with Crippen molar-refractivity contribution in [3.05, 3.63) is 34.8 Å². The minimum absolute atomic E-state index is 0.404. The fourth-order valence-corrected chi connectivity index (χ4v) is 1.62. The summed E-state index contributed by atoms with van der Waals surface area (Å²) in [5, 5.41) is 5.60. The van der Waals surface area contributed by atoms with Gasteiger partial charge in [0.15, 0.2) is 0 Å². The molecule has 1 radical (unpaired) electrons. The molecule has 0 saturated heterocycles. The van der Waals surface area contributed by atoms with Crippen molar-refractivity contribution in [2.24, 2.45) is 4.99 Å². The van der Waals surface area contributed by atoms with Gasteiger partial charge in [-0.15, -0.1) is 0 Å². The maximum absolute atomic E-state index is 4.45. The van der Waals surface area contributed by atoms with Crippen LogP contribution in [0, 0.1) is 6.07 Å². The van der Waals surface area contributed by atoms with Crippen LogP contribution in [-0.4, -0.2) is 19.6 Å². The van der Waals surface area contributed by atoms with Gasteiger partial charge in [-0.05, 0) is 37.7 Å². The van der Waals surface area contributed by atoms with Gasteiger partial charge in [0.1, 0.15) is 0 Å². The van der Waals surface area contributed by atoms with Gasteiger partial charge in [-0.2, -0.15) is 0 Å². The first-order valence-electron chi connectivity index (χ1n) is 4.54. The fourth-order valence-electron chi connectivity index (χ4n) is 1.62. The standard InChI is InChI=1S/C11H13N2/c1-8(12-2)10-7-13-11-6-4-3-5-9(10)11/h4-6,8,12H,7H2,1-2H3. The number of fused-ring (bicyclic) bond motifs is 1. The van der Waals surface area contributed by atoms with Gasteiger partial charge in [0.2, 0.25) is 0 Å². The Morgan fingerprint density at radius 2 is 2.46 bits per heavy atom. The van der Waals surface area contributed by atoms with Crippen molar-refractivity contribution in [1.82, 2.24) is 5.32 Å². The van der Waals surface area contributed by atoms with E-state index in [0.717, 1.165) is 11.9 Å². The van der Waals surface area contributed by atoms with Crippen molar-refractivity contribution >= 4 is 5.57 Å². The average Bonchev–Trinajstić information content (AvgIpc) is 2.60. The van der Waals surface area contributed by atoms with Crippen LogP contribution in [0.5, 0.6) is 0 Å². The van der Waals surface area contributed by atoms with E-state index in [1.165, 1.54) is 10.8 Å². The summed E-state index contributed by atoms with van der Waals surface area (Å²) in [5.74, 6) is 0. The van der Waals surface area contributed by atoms with Crippen LogP contribution in [0.3, 0.4) is 0 Å². The largest absolute Gasteiger partial charge is 0.313 e. The van der Waals surface area contributed by atoms with Crippen LogP contribution in [0.25, 0.3) is 5.57 Å². The first kappa shape index (κ1) is 8.45. The lowest BCUT2D eigenvalue weighted by Gasteiger charge is -2.10. The Labute approximate surface area is 78.0 Å². The molecule has 67 valence electrons. The number of rotatable bonds is 2. The van der Waals surface area contributed by atoms with E-state index in [2.05, 4.69) is 23.3 Å². The second kappa shape index (κ2) is 3.30. The summed E-state index contributed by atoms with van der Waals surface area (Å²) in [6.45, 7) is 2.99. The monoisotopic (exact) mass is 173 g/mol. The van der Waals surface area contributed by atoms with Crippen molar-refractivity contribution in [2.45, 2.75) is 13.0 Å². The Bertz CT molecular complexity index is 420. The van der Waals surface area contributed by atoms with Gasteiger partial charge >= 0.3 is 0 Å². The van der Waals surface area contributed by atoms with E-state index in [1.807, 2.05) is 25.2 Å².